The van der Waals surface area contributed by atoms with Crippen LogP contribution in [0.15, 0.2) is 0 Å². The summed E-state index contributed by atoms with van der Waals surface area (Å²) in [6.07, 6.45) is 0.882. The molecule has 0 aromatic rings. The average molecular weight is 230 g/mol. The number of piperidine rings is 1. The van der Waals surface area contributed by atoms with E-state index in [9.17, 15) is 14.7 Å². The topological polar surface area (TPSA) is 92.9 Å². The van der Waals surface area contributed by atoms with Crippen LogP contribution < -0.4 is 5.73 Å². The molecule has 2 unspecified atom stereocenters. The second-order valence-corrected chi connectivity index (χ2v) is 3.81. The SMILES string of the molecule is CCOC(=O)C(N)C(=O)N1CCCC(O)C1. The van der Waals surface area contributed by atoms with Crippen molar-refractivity contribution in [3.8, 4) is 0 Å². The Bertz CT molecular complexity index is 270. The summed E-state index contributed by atoms with van der Waals surface area (Å²) in [7, 11) is 0. The van der Waals surface area contributed by atoms with Crippen LogP contribution in [0.5, 0.6) is 0 Å². The summed E-state index contributed by atoms with van der Waals surface area (Å²) in [6, 6.07) is -1.27. The largest absolute Gasteiger partial charge is 0.464 e. The number of hydrogen-bond donors (Lipinski definition) is 2. The Hall–Kier alpha value is -1.14. The quantitative estimate of drug-likeness (QED) is 0.472. The van der Waals surface area contributed by atoms with Crippen LogP contribution in [0.1, 0.15) is 19.8 Å². The normalized spacial score (nSPS) is 22.7. The first-order valence-electron chi connectivity index (χ1n) is 5.45. The summed E-state index contributed by atoms with van der Waals surface area (Å²) in [5.74, 6) is -1.19. The molecule has 6 heteroatoms. The highest BCUT2D eigenvalue weighted by molar-refractivity contribution is 6.01. The van der Waals surface area contributed by atoms with Crippen LogP contribution in [0.2, 0.25) is 0 Å². The van der Waals surface area contributed by atoms with Gasteiger partial charge in [-0.2, -0.15) is 0 Å². The Morgan fingerprint density at radius 2 is 2.31 bits per heavy atom. The first-order chi connectivity index (χ1) is 7.56. The number of β-amino-alcohol motifs (C(OH)–C–C–N with tert-alkyl or cyclic N) is 1. The second-order valence-electron chi connectivity index (χ2n) is 3.81. The van der Waals surface area contributed by atoms with Crippen molar-refractivity contribution in [3.05, 3.63) is 0 Å². The van der Waals surface area contributed by atoms with E-state index in [2.05, 4.69) is 4.74 Å². The number of likely N-dealkylation sites (tertiary alicyclic amines) is 1. The minimum atomic E-state index is -1.27. The van der Waals surface area contributed by atoms with Gasteiger partial charge in [0.25, 0.3) is 5.91 Å². The van der Waals surface area contributed by atoms with Crippen molar-refractivity contribution < 1.29 is 19.4 Å². The van der Waals surface area contributed by atoms with Crippen molar-refractivity contribution >= 4 is 11.9 Å². The van der Waals surface area contributed by atoms with Gasteiger partial charge in [-0.25, -0.2) is 4.79 Å². The number of hydrogen-bond acceptors (Lipinski definition) is 5. The molecule has 1 saturated heterocycles. The summed E-state index contributed by atoms with van der Waals surface area (Å²) in [5, 5.41) is 9.40. The molecule has 1 aliphatic heterocycles. The van der Waals surface area contributed by atoms with E-state index >= 15 is 0 Å². The highest BCUT2D eigenvalue weighted by Gasteiger charge is 2.30. The van der Waals surface area contributed by atoms with Gasteiger partial charge in [-0.3, -0.25) is 4.79 Å². The highest BCUT2D eigenvalue weighted by Crippen LogP contribution is 2.10. The Kier molecular flexibility index (Phi) is 4.70. The molecular formula is C10H18N2O4. The second kappa shape index (κ2) is 5.81. The van der Waals surface area contributed by atoms with Gasteiger partial charge in [0.05, 0.1) is 12.7 Å². The molecule has 0 aromatic heterocycles. The Morgan fingerprint density at radius 3 is 2.88 bits per heavy atom. The van der Waals surface area contributed by atoms with Crippen LogP contribution >= 0.6 is 0 Å². The lowest BCUT2D eigenvalue weighted by Crippen LogP contribution is -2.52. The number of carbonyl (C=O) groups is 2. The monoisotopic (exact) mass is 230 g/mol. The standard InChI is InChI=1S/C10H18N2O4/c1-2-16-10(15)8(11)9(14)12-5-3-4-7(13)6-12/h7-8,13H,2-6,11H2,1H3. The molecule has 0 aliphatic carbocycles. The van der Waals surface area contributed by atoms with E-state index < -0.39 is 24.0 Å². The third kappa shape index (κ3) is 3.18. The van der Waals surface area contributed by atoms with E-state index in [1.165, 1.54) is 4.90 Å². The van der Waals surface area contributed by atoms with Crippen molar-refractivity contribution in [2.45, 2.75) is 31.9 Å². The highest BCUT2D eigenvalue weighted by atomic mass is 16.5. The number of nitrogens with zero attached hydrogens (tertiary/aromatic N) is 1. The van der Waals surface area contributed by atoms with Crippen LogP contribution in [0.4, 0.5) is 0 Å². The average Bonchev–Trinajstić information content (AvgIpc) is 2.27. The van der Waals surface area contributed by atoms with Gasteiger partial charge in [0.15, 0.2) is 6.04 Å². The molecule has 3 N–H and O–H groups in total. The minimum absolute atomic E-state index is 0.197. The lowest BCUT2D eigenvalue weighted by molar-refractivity contribution is -0.152. The zero-order valence-corrected chi connectivity index (χ0v) is 9.39. The molecule has 1 rings (SSSR count). The first-order valence-corrected chi connectivity index (χ1v) is 5.45. The maximum absolute atomic E-state index is 11.7. The molecule has 16 heavy (non-hydrogen) atoms. The number of aliphatic hydroxyl groups is 1. The van der Waals surface area contributed by atoms with Crippen molar-refractivity contribution in [2.75, 3.05) is 19.7 Å². The van der Waals surface area contributed by atoms with Crippen molar-refractivity contribution in [2.24, 2.45) is 5.73 Å². The Morgan fingerprint density at radius 1 is 1.62 bits per heavy atom. The van der Waals surface area contributed by atoms with Gasteiger partial charge in [-0.05, 0) is 19.8 Å². The van der Waals surface area contributed by atoms with Gasteiger partial charge in [-0.15, -0.1) is 0 Å². The Balaban J connectivity index is 2.52. The van der Waals surface area contributed by atoms with Crippen molar-refractivity contribution in [1.29, 1.82) is 0 Å². The predicted molar refractivity (Wildman–Crippen MR) is 56.4 cm³/mol. The molecular weight excluding hydrogens is 212 g/mol. The van der Waals surface area contributed by atoms with Crippen LogP contribution in [-0.4, -0.2) is 53.7 Å². The van der Waals surface area contributed by atoms with E-state index in [4.69, 9.17) is 5.73 Å². The van der Waals surface area contributed by atoms with Gasteiger partial charge in [0.2, 0.25) is 0 Å². The molecule has 0 bridgehead atoms. The zero-order valence-electron chi connectivity index (χ0n) is 9.39. The first kappa shape index (κ1) is 12.9. The maximum Gasteiger partial charge on any atom is 0.332 e. The van der Waals surface area contributed by atoms with Crippen LogP contribution in [0, 0.1) is 0 Å². The number of amides is 1. The fourth-order valence-corrected chi connectivity index (χ4v) is 1.68. The summed E-state index contributed by atoms with van der Waals surface area (Å²) in [4.78, 5) is 24.4. The van der Waals surface area contributed by atoms with E-state index in [1.54, 1.807) is 6.92 Å². The van der Waals surface area contributed by atoms with Crippen molar-refractivity contribution in [3.63, 3.8) is 0 Å². The lowest BCUT2D eigenvalue weighted by Gasteiger charge is -2.31. The van der Waals surface area contributed by atoms with E-state index in [0.29, 0.717) is 13.0 Å². The molecule has 0 spiro atoms. The summed E-state index contributed by atoms with van der Waals surface area (Å²) < 4.78 is 4.67. The molecule has 0 aromatic carbocycles. The molecule has 0 radical (unpaired) electrons. The van der Waals surface area contributed by atoms with E-state index in [-0.39, 0.29) is 13.2 Å². The van der Waals surface area contributed by atoms with Gasteiger partial charge in [0, 0.05) is 13.1 Å². The van der Waals surface area contributed by atoms with Crippen LogP contribution in [0.3, 0.4) is 0 Å². The molecule has 2 atom stereocenters. The van der Waals surface area contributed by atoms with E-state index in [0.717, 1.165) is 6.42 Å². The smallest absolute Gasteiger partial charge is 0.332 e. The Labute approximate surface area is 94.3 Å². The number of rotatable bonds is 3. The zero-order chi connectivity index (χ0) is 12.1. The number of ether oxygens (including phenoxy) is 1. The molecule has 1 heterocycles. The summed E-state index contributed by atoms with van der Waals surface area (Å²) in [5.41, 5.74) is 5.48. The number of aliphatic hydroxyl groups excluding tert-OH is 1. The molecule has 6 nitrogen and oxygen atoms in total. The third-order valence-electron chi connectivity index (χ3n) is 2.51. The molecule has 1 amide bonds. The molecule has 1 fully saturated rings. The molecule has 1 aliphatic rings. The molecule has 92 valence electrons. The van der Waals surface area contributed by atoms with E-state index in [1.807, 2.05) is 0 Å². The fraction of sp³-hybridized carbons (Fsp3) is 0.800. The van der Waals surface area contributed by atoms with Crippen molar-refractivity contribution in [1.82, 2.24) is 4.90 Å². The van der Waals surface area contributed by atoms with Crippen LogP contribution in [-0.2, 0) is 14.3 Å². The maximum atomic E-state index is 11.7. The van der Waals surface area contributed by atoms with Gasteiger partial charge < -0.3 is 20.5 Å². The minimum Gasteiger partial charge on any atom is -0.464 e. The molecule has 0 saturated carbocycles. The van der Waals surface area contributed by atoms with Gasteiger partial charge in [0.1, 0.15) is 0 Å². The summed E-state index contributed by atoms with van der Waals surface area (Å²) >= 11 is 0. The number of nitrogens with two attached hydrogens (primary N) is 1. The third-order valence-corrected chi connectivity index (χ3v) is 2.51. The van der Waals surface area contributed by atoms with Gasteiger partial charge >= 0.3 is 5.97 Å². The summed E-state index contributed by atoms with van der Waals surface area (Å²) in [6.45, 7) is 2.62. The van der Waals surface area contributed by atoms with Gasteiger partial charge in [-0.1, -0.05) is 0 Å². The number of carbonyl (C=O) groups excluding carboxylic acids is 2. The fourth-order valence-electron chi connectivity index (χ4n) is 1.68. The number of esters is 1. The predicted octanol–water partition coefficient (Wildman–Crippen LogP) is -1.14. The van der Waals surface area contributed by atoms with Crippen LogP contribution in [0.25, 0.3) is 0 Å². The lowest BCUT2D eigenvalue weighted by atomic mass is 10.1.